The number of ether oxygens (including phenoxy) is 1. The van der Waals surface area contributed by atoms with E-state index in [9.17, 15) is 13.2 Å². The van der Waals surface area contributed by atoms with Crippen molar-refractivity contribution in [1.29, 1.82) is 0 Å². The van der Waals surface area contributed by atoms with Crippen LogP contribution in [-0.2, 0) is 14.6 Å². The first-order valence-corrected chi connectivity index (χ1v) is 9.07. The number of nitrogens with one attached hydrogen (secondary N) is 1. The first-order valence-electron chi connectivity index (χ1n) is 7.25. The maximum Gasteiger partial charge on any atom is 0.322 e. The molecule has 2 amide bonds. The van der Waals surface area contributed by atoms with Crippen molar-refractivity contribution in [2.45, 2.75) is 19.4 Å². The summed E-state index contributed by atoms with van der Waals surface area (Å²) in [4.78, 5) is 14.1. The van der Waals surface area contributed by atoms with E-state index in [2.05, 4.69) is 5.32 Å². The van der Waals surface area contributed by atoms with Crippen LogP contribution in [0.3, 0.4) is 0 Å². The van der Waals surface area contributed by atoms with Crippen LogP contribution in [0.4, 0.5) is 10.5 Å². The number of nitrogens with zero attached hydrogens (tertiary/aromatic N) is 1. The summed E-state index contributed by atoms with van der Waals surface area (Å²) >= 11 is 0. The number of hydrogen-bond acceptors (Lipinski definition) is 4. The largest absolute Gasteiger partial charge is 0.383 e. The maximum absolute atomic E-state index is 12.5. The van der Waals surface area contributed by atoms with Crippen LogP contribution in [0.2, 0.25) is 0 Å². The zero-order valence-corrected chi connectivity index (χ0v) is 13.7. The lowest BCUT2D eigenvalue weighted by Gasteiger charge is -2.28. The minimum Gasteiger partial charge on any atom is -0.383 e. The minimum absolute atomic E-state index is 0.0257. The molecule has 0 radical (unpaired) electrons. The predicted molar refractivity (Wildman–Crippen MR) is 85.8 cm³/mol. The van der Waals surface area contributed by atoms with Gasteiger partial charge in [-0.15, -0.1) is 0 Å². The molecule has 1 aromatic rings. The zero-order chi connectivity index (χ0) is 16.2. The Kier molecular flexibility index (Phi) is 5.42. The van der Waals surface area contributed by atoms with E-state index in [1.807, 2.05) is 31.2 Å². The molecule has 0 bridgehead atoms. The smallest absolute Gasteiger partial charge is 0.322 e. The molecule has 7 heteroatoms. The molecule has 1 unspecified atom stereocenters. The van der Waals surface area contributed by atoms with E-state index < -0.39 is 9.84 Å². The molecule has 1 atom stereocenters. The number of carbonyl (C=O) groups is 1. The van der Waals surface area contributed by atoms with Gasteiger partial charge in [0.2, 0.25) is 0 Å². The van der Waals surface area contributed by atoms with E-state index in [4.69, 9.17) is 4.74 Å². The highest BCUT2D eigenvalue weighted by molar-refractivity contribution is 7.91. The van der Waals surface area contributed by atoms with E-state index in [0.717, 1.165) is 5.56 Å². The van der Waals surface area contributed by atoms with Crippen molar-refractivity contribution in [1.82, 2.24) is 4.90 Å². The van der Waals surface area contributed by atoms with Crippen molar-refractivity contribution >= 4 is 21.6 Å². The first-order chi connectivity index (χ1) is 10.4. The summed E-state index contributed by atoms with van der Waals surface area (Å²) < 4.78 is 28.3. The summed E-state index contributed by atoms with van der Waals surface area (Å²) in [5, 5.41) is 2.83. The summed E-state index contributed by atoms with van der Waals surface area (Å²) in [6, 6.07) is 6.92. The third-order valence-corrected chi connectivity index (χ3v) is 5.47. The molecule has 0 aromatic heterocycles. The van der Waals surface area contributed by atoms with Crippen LogP contribution in [0, 0.1) is 6.92 Å². The molecule has 1 aromatic carbocycles. The highest BCUT2D eigenvalue weighted by atomic mass is 32.2. The van der Waals surface area contributed by atoms with Crippen molar-refractivity contribution < 1.29 is 17.9 Å². The van der Waals surface area contributed by atoms with Gasteiger partial charge in [-0.3, -0.25) is 0 Å². The Morgan fingerprint density at radius 2 is 2.23 bits per heavy atom. The number of rotatable bonds is 5. The summed E-state index contributed by atoms with van der Waals surface area (Å²) in [5.74, 6) is 0.164. The van der Waals surface area contributed by atoms with Crippen LogP contribution in [0.25, 0.3) is 0 Å². The molecule has 22 heavy (non-hydrogen) atoms. The molecule has 6 nitrogen and oxygen atoms in total. The Balaban J connectivity index is 2.09. The standard InChI is InChI=1S/C15H22N2O4S/c1-12-4-3-5-13(10-12)16-15(18)17(7-8-21-2)14-6-9-22(19,20)11-14/h3-5,10,14H,6-9,11H2,1-2H3,(H,16,18). The van der Waals surface area contributed by atoms with Gasteiger partial charge in [0.05, 0.1) is 18.1 Å². The van der Waals surface area contributed by atoms with Crippen LogP contribution in [-0.4, -0.2) is 57.2 Å². The van der Waals surface area contributed by atoms with Gasteiger partial charge < -0.3 is 15.0 Å². The minimum atomic E-state index is -3.04. The average Bonchev–Trinajstić information content (AvgIpc) is 2.79. The van der Waals surface area contributed by atoms with Crippen molar-refractivity contribution in [3.63, 3.8) is 0 Å². The van der Waals surface area contributed by atoms with Crippen LogP contribution in [0.5, 0.6) is 0 Å². The van der Waals surface area contributed by atoms with E-state index >= 15 is 0 Å². The summed E-state index contributed by atoms with van der Waals surface area (Å²) in [6.45, 7) is 2.69. The summed E-state index contributed by atoms with van der Waals surface area (Å²) in [6.07, 6.45) is 0.479. The van der Waals surface area contributed by atoms with Gasteiger partial charge in [-0.2, -0.15) is 0 Å². The molecule has 1 saturated heterocycles. The number of aryl methyl sites for hydroxylation is 1. The summed E-state index contributed by atoms with van der Waals surface area (Å²) in [7, 11) is -1.48. The Labute approximate surface area is 131 Å². The Morgan fingerprint density at radius 1 is 1.45 bits per heavy atom. The molecule has 0 aliphatic carbocycles. The fourth-order valence-corrected chi connectivity index (χ4v) is 4.31. The second-order valence-corrected chi connectivity index (χ2v) is 7.77. The van der Waals surface area contributed by atoms with E-state index in [0.29, 0.717) is 25.3 Å². The predicted octanol–water partition coefficient (Wildman–Crippen LogP) is 1.66. The fourth-order valence-electron chi connectivity index (χ4n) is 2.58. The second kappa shape index (κ2) is 7.11. The number of sulfone groups is 1. The molecule has 122 valence electrons. The lowest BCUT2D eigenvalue weighted by Crippen LogP contribution is -2.45. The molecule has 0 spiro atoms. The Morgan fingerprint density at radius 3 is 2.82 bits per heavy atom. The molecule has 1 aliphatic rings. The Bertz CT molecular complexity index is 630. The maximum atomic E-state index is 12.5. The molecule has 1 heterocycles. The van der Waals surface area contributed by atoms with Gasteiger partial charge in [0.15, 0.2) is 9.84 Å². The van der Waals surface area contributed by atoms with Gasteiger partial charge in [0.1, 0.15) is 0 Å². The Hall–Kier alpha value is -1.60. The second-order valence-electron chi connectivity index (χ2n) is 5.54. The fraction of sp³-hybridized carbons (Fsp3) is 0.533. The monoisotopic (exact) mass is 326 g/mol. The average molecular weight is 326 g/mol. The molecular weight excluding hydrogens is 304 g/mol. The normalized spacial score (nSPS) is 19.8. The molecule has 1 aliphatic heterocycles. The molecular formula is C15H22N2O4S. The van der Waals surface area contributed by atoms with Crippen molar-refractivity contribution in [3.05, 3.63) is 29.8 Å². The van der Waals surface area contributed by atoms with Gasteiger partial charge in [0.25, 0.3) is 0 Å². The van der Waals surface area contributed by atoms with Gasteiger partial charge in [-0.25, -0.2) is 13.2 Å². The highest BCUT2D eigenvalue weighted by Gasteiger charge is 2.34. The SMILES string of the molecule is COCCN(C(=O)Nc1cccc(C)c1)C1CCS(=O)(=O)C1. The topological polar surface area (TPSA) is 75.7 Å². The number of carbonyl (C=O) groups excluding carboxylic acids is 1. The molecule has 2 rings (SSSR count). The van der Waals surface area contributed by atoms with Crippen LogP contribution >= 0.6 is 0 Å². The van der Waals surface area contributed by atoms with Crippen LogP contribution < -0.4 is 5.32 Å². The van der Waals surface area contributed by atoms with Gasteiger partial charge >= 0.3 is 6.03 Å². The van der Waals surface area contributed by atoms with Crippen molar-refractivity contribution in [2.24, 2.45) is 0 Å². The molecule has 0 saturated carbocycles. The highest BCUT2D eigenvalue weighted by Crippen LogP contribution is 2.19. The number of benzene rings is 1. The quantitative estimate of drug-likeness (QED) is 0.893. The molecule has 1 fully saturated rings. The number of urea groups is 1. The van der Waals surface area contributed by atoms with Gasteiger partial charge in [-0.05, 0) is 31.0 Å². The summed E-state index contributed by atoms with van der Waals surface area (Å²) in [5.41, 5.74) is 1.75. The third-order valence-electron chi connectivity index (χ3n) is 3.72. The van der Waals surface area contributed by atoms with E-state index in [1.165, 1.54) is 0 Å². The first kappa shape index (κ1) is 16.8. The van der Waals surface area contributed by atoms with E-state index in [1.54, 1.807) is 12.0 Å². The van der Waals surface area contributed by atoms with Crippen LogP contribution in [0.1, 0.15) is 12.0 Å². The molecule has 1 N–H and O–H groups in total. The van der Waals surface area contributed by atoms with Crippen LogP contribution in [0.15, 0.2) is 24.3 Å². The third kappa shape index (κ3) is 4.45. The number of amides is 2. The number of hydrogen-bond donors (Lipinski definition) is 1. The van der Waals surface area contributed by atoms with E-state index in [-0.39, 0.29) is 23.6 Å². The van der Waals surface area contributed by atoms with Crippen molar-refractivity contribution in [2.75, 3.05) is 37.1 Å². The lowest BCUT2D eigenvalue weighted by atomic mass is 10.2. The van der Waals surface area contributed by atoms with Gasteiger partial charge in [-0.1, -0.05) is 12.1 Å². The lowest BCUT2D eigenvalue weighted by molar-refractivity contribution is 0.140. The number of methoxy groups -OCH3 is 1. The van der Waals surface area contributed by atoms with Gasteiger partial charge in [0, 0.05) is 25.4 Å². The number of anilines is 1. The van der Waals surface area contributed by atoms with Crippen molar-refractivity contribution in [3.8, 4) is 0 Å². The zero-order valence-electron chi connectivity index (χ0n) is 12.9.